The zero-order valence-corrected chi connectivity index (χ0v) is 11.9. The predicted molar refractivity (Wildman–Crippen MR) is 78.2 cm³/mol. The normalized spacial score (nSPS) is 11.7. The van der Waals surface area contributed by atoms with Crippen LogP contribution in [0.1, 0.15) is 11.1 Å². The van der Waals surface area contributed by atoms with Gasteiger partial charge in [0.2, 0.25) is 0 Å². The highest BCUT2D eigenvalue weighted by molar-refractivity contribution is 5.56. The fourth-order valence-corrected chi connectivity index (χ4v) is 2.29. The van der Waals surface area contributed by atoms with Gasteiger partial charge in [0.15, 0.2) is 0 Å². The van der Waals surface area contributed by atoms with E-state index in [4.69, 9.17) is 0 Å². The summed E-state index contributed by atoms with van der Waals surface area (Å²) in [6.07, 6.45) is -1.05. The molecule has 23 heavy (non-hydrogen) atoms. The van der Waals surface area contributed by atoms with E-state index >= 15 is 0 Å². The Morgan fingerprint density at radius 2 is 1.57 bits per heavy atom. The molecule has 1 aromatic heterocycles. The number of hydrogen-bond donors (Lipinski definition) is 0. The van der Waals surface area contributed by atoms with Gasteiger partial charge in [-0.25, -0.2) is 9.37 Å². The van der Waals surface area contributed by atoms with Gasteiger partial charge in [-0.2, -0.15) is 13.2 Å². The van der Waals surface area contributed by atoms with Gasteiger partial charge in [0.05, 0.1) is 5.56 Å². The molecule has 3 aromatic rings. The zero-order valence-electron chi connectivity index (χ0n) is 11.9. The lowest BCUT2D eigenvalue weighted by atomic mass is 10.1. The van der Waals surface area contributed by atoms with Crippen LogP contribution in [0.4, 0.5) is 17.6 Å². The number of benzene rings is 2. The summed E-state index contributed by atoms with van der Waals surface area (Å²) in [5, 5.41) is 0. The Morgan fingerprint density at radius 1 is 0.913 bits per heavy atom. The average Bonchev–Trinajstić information content (AvgIpc) is 2.97. The highest BCUT2D eigenvalue weighted by Crippen LogP contribution is 2.30. The predicted octanol–water partition coefficient (Wildman–Crippen LogP) is 4.76. The molecule has 0 saturated carbocycles. The minimum atomic E-state index is -4.36. The summed E-state index contributed by atoms with van der Waals surface area (Å²) in [5.74, 6) is 0.241. The Balaban J connectivity index is 1.87. The third-order valence-corrected chi connectivity index (χ3v) is 3.45. The van der Waals surface area contributed by atoms with Crippen LogP contribution in [0.5, 0.6) is 0 Å². The summed E-state index contributed by atoms with van der Waals surface area (Å²) in [6, 6.07) is 10.9. The third-order valence-electron chi connectivity index (χ3n) is 3.45. The fourth-order valence-electron chi connectivity index (χ4n) is 2.29. The number of rotatable bonds is 3. The van der Waals surface area contributed by atoms with Crippen molar-refractivity contribution in [1.29, 1.82) is 0 Å². The number of imidazole rings is 1. The quantitative estimate of drug-likeness (QED) is 0.636. The van der Waals surface area contributed by atoms with Crippen molar-refractivity contribution < 1.29 is 17.6 Å². The van der Waals surface area contributed by atoms with Crippen molar-refractivity contribution in [2.24, 2.45) is 0 Å². The molecule has 0 saturated heterocycles. The van der Waals surface area contributed by atoms with Crippen LogP contribution in [-0.2, 0) is 12.7 Å². The van der Waals surface area contributed by atoms with Gasteiger partial charge in [-0.05, 0) is 29.8 Å². The van der Waals surface area contributed by atoms with Crippen LogP contribution in [0.2, 0.25) is 0 Å². The highest BCUT2D eigenvalue weighted by atomic mass is 19.4. The van der Waals surface area contributed by atoms with Gasteiger partial charge < -0.3 is 4.57 Å². The summed E-state index contributed by atoms with van der Waals surface area (Å²) >= 11 is 0. The second-order valence-electron chi connectivity index (χ2n) is 5.08. The van der Waals surface area contributed by atoms with E-state index in [1.54, 1.807) is 29.1 Å². The topological polar surface area (TPSA) is 17.8 Å². The summed E-state index contributed by atoms with van der Waals surface area (Å²) in [5.41, 5.74) is 0.764. The molecular formula is C17H12F4N2. The Morgan fingerprint density at radius 3 is 2.17 bits per heavy atom. The van der Waals surface area contributed by atoms with Gasteiger partial charge in [-0.3, -0.25) is 0 Å². The summed E-state index contributed by atoms with van der Waals surface area (Å²) in [6.45, 7) is 0.455. The average molecular weight is 320 g/mol. The van der Waals surface area contributed by atoms with E-state index in [2.05, 4.69) is 4.98 Å². The fraction of sp³-hybridized carbons (Fsp3) is 0.118. The minimum Gasteiger partial charge on any atom is -0.327 e. The molecule has 0 fully saturated rings. The Labute approximate surface area is 130 Å². The van der Waals surface area contributed by atoms with Crippen molar-refractivity contribution in [2.45, 2.75) is 12.7 Å². The Kier molecular flexibility index (Phi) is 3.90. The van der Waals surface area contributed by atoms with E-state index in [9.17, 15) is 17.6 Å². The zero-order chi connectivity index (χ0) is 16.4. The smallest absolute Gasteiger partial charge is 0.327 e. The van der Waals surface area contributed by atoms with E-state index in [0.717, 1.165) is 17.7 Å². The molecule has 0 amide bonds. The van der Waals surface area contributed by atoms with Crippen LogP contribution in [0.25, 0.3) is 11.4 Å². The Bertz CT molecular complexity index is 787. The first kappa shape index (κ1) is 15.3. The second-order valence-corrected chi connectivity index (χ2v) is 5.08. The molecule has 0 spiro atoms. The monoisotopic (exact) mass is 320 g/mol. The minimum absolute atomic E-state index is 0.317. The lowest BCUT2D eigenvalue weighted by molar-refractivity contribution is -0.137. The van der Waals surface area contributed by atoms with Crippen molar-refractivity contribution in [2.75, 3.05) is 0 Å². The molecule has 0 aliphatic heterocycles. The molecule has 0 radical (unpaired) electrons. The van der Waals surface area contributed by atoms with Gasteiger partial charge in [0.1, 0.15) is 11.6 Å². The van der Waals surface area contributed by atoms with Crippen LogP contribution in [0.15, 0.2) is 60.9 Å². The van der Waals surface area contributed by atoms with Gasteiger partial charge in [-0.1, -0.05) is 24.3 Å². The SMILES string of the molecule is Fc1ccc(Cn2ccnc2-c2ccc(C(F)(F)F)cc2)cc1. The van der Waals surface area contributed by atoms with Crippen molar-refractivity contribution in [3.63, 3.8) is 0 Å². The molecule has 1 heterocycles. The molecule has 2 aromatic carbocycles. The molecule has 0 bridgehead atoms. The van der Waals surface area contributed by atoms with E-state index in [-0.39, 0.29) is 5.82 Å². The van der Waals surface area contributed by atoms with E-state index in [1.807, 2.05) is 0 Å². The van der Waals surface area contributed by atoms with E-state index < -0.39 is 11.7 Å². The first-order valence-corrected chi connectivity index (χ1v) is 6.87. The molecule has 6 heteroatoms. The molecule has 0 atom stereocenters. The van der Waals surface area contributed by atoms with Gasteiger partial charge >= 0.3 is 6.18 Å². The van der Waals surface area contributed by atoms with E-state index in [0.29, 0.717) is 17.9 Å². The molecule has 3 rings (SSSR count). The number of aromatic nitrogens is 2. The first-order chi connectivity index (χ1) is 10.9. The lowest BCUT2D eigenvalue weighted by Crippen LogP contribution is -2.05. The number of nitrogens with zero attached hydrogens (tertiary/aromatic N) is 2. The first-order valence-electron chi connectivity index (χ1n) is 6.87. The highest BCUT2D eigenvalue weighted by Gasteiger charge is 2.30. The largest absolute Gasteiger partial charge is 0.416 e. The summed E-state index contributed by atoms with van der Waals surface area (Å²) in [4.78, 5) is 4.20. The lowest BCUT2D eigenvalue weighted by Gasteiger charge is -2.10. The maximum atomic E-state index is 12.9. The Hall–Kier alpha value is -2.63. The number of alkyl halides is 3. The maximum absolute atomic E-state index is 12.9. The molecule has 0 N–H and O–H groups in total. The second kappa shape index (κ2) is 5.87. The number of halogens is 4. The van der Waals surface area contributed by atoms with Crippen molar-refractivity contribution >= 4 is 0 Å². The molecule has 0 aliphatic carbocycles. The van der Waals surface area contributed by atoms with Gasteiger partial charge in [0, 0.05) is 24.5 Å². The van der Waals surface area contributed by atoms with Crippen LogP contribution in [-0.4, -0.2) is 9.55 Å². The van der Waals surface area contributed by atoms with Gasteiger partial charge in [0.25, 0.3) is 0 Å². The van der Waals surface area contributed by atoms with Gasteiger partial charge in [-0.15, -0.1) is 0 Å². The van der Waals surface area contributed by atoms with Crippen LogP contribution in [0.3, 0.4) is 0 Å². The summed E-state index contributed by atoms with van der Waals surface area (Å²) < 4.78 is 52.6. The van der Waals surface area contributed by atoms with Crippen LogP contribution >= 0.6 is 0 Å². The molecule has 2 nitrogen and oxygen atoms in total. The molecule has 0 aliphatic rings. The third kappa shape index (κ3) is 3.41. The molecule has 0 unspecified atom stereocenters. The van der Waals surface area contributed by atoms with Crippen molar-refractivity contribution in [1.82, 2.24) is 9.55 Å². The molecular weight excluding hydrogens is 308 g/mol. The van der Waals surface area contributed by atoms with Crippen molar-refractivity contribution in [3.05, 3.63) is 77.9 Å². The summed E-state index contributed by atoms with van der Waals surface area (Å²) in [7, 11) is 0. The van der Waals surface area contributed by atoms with Crippen LogP contribution in [0, 0.1) is 5.82 Å². The number of hydrogen-bond acceptors (Lipinski definition) is 1. The molecule has 118 valence electrons. The van der Waals surface area contributed by atoms with Crippen LogP contribution < -0.4 is 0 Å². The van der Waals surface area contributed by atoms with Crippen molar-refractivity contribution in [3.8, 4) is 11.4 Å². The maximum Gasteiger partial charge on any atom is 0.416 e. The standard InChI is InChI=1S/C17H12F4N2/c18-15-7-1-12(2-8-15)11-23-10-9-22-16(23)13-3-5-14(6-4-13)17(19,20)21/h1-10H,11H2. The van der Waals surface area contributed by atoms with E-state index in [1.165, 1.54) is 24.3 Å².